The summed E-state index contributed by atoms with van der Waals surface area (Å²) in [5.41, 5.74) is 0. The van der Waals surface area contributed by atoms with Gasteiger partial charge in [0.25, 0.3) is 0 Å². The van der Waals surface area contributed by atoms with Gasteiger partial charge < -0.3 is 24.8 Å². The molecule has 8 heavy (non-hydrogen) atoms. The van der Waals surface area contributed by atoms with Gasteiger partial charge in [0.15, 0.2) is 0 Å². The first-order chi connectivity index (χ1) is 2.50. The van der Waals surface area contributed by atoms with Gasteiger partial charge in [0.05, 0.1) is 0 Å². The Hall–Kier alpha value is 0.906. The summed E-state index contributed by atoms with van der Waals surface area (Å²) < 4.78 is 0. The van der Waals surface area contributed by atoms with Crippen molar-refractivity contribution in [1.29, 1.82) is 0 Å². The van der Waals surface area contributed by atoms with Crippen LogP contribution in [0.25, 0.3) is 0 Å². The maximum Gasteiger partial charge on any atom is 2.00 e. The number of rotatable bonds is 0. The molecule has 1 saturated carbocycles. The zero-order chi connectivity index (χ0) is 4.12. The molecule has 1 fully saturated rings. The molecule has 0 saturated heterocycles. The van der Waals surface area contributed by atoms with E-state index in [0.29, 0.717) is 0 Å². The Morgan fingerprint density at radius 3 is 0.875 bits per heavy atom. The molecule has 44 valence electrons. The van der Waals surface area contributed by atoms with E-state index in [1.165, 1.54) is 19.3 Å². The van der Waals surface area contributed by atoms with Gasteiger partial charge >= 0.3 is 23.1 Å². The van der Waals surface area contributed by atoms with Crippen molar-refractivity contribution in [2.45, 2.75) is 19.3 Å². The summed E-state index contributed by atoms with van der Waals surface area (Å²) in [5, 5.41) is 0. The predicted octanol–water partition coefficient (Wildman–Crippen LogP) is -4.95. The van der Waals surface area contributed by atoms with Crippen LogP contribution in [0.2, 0.25) is 0 Å². The summed E-state index contributed by atoms with van der Waals surface area (Å²) in [6.07, 6.45) is 12.5. The molecule has 1 aliphatic rings. The van der Waals surface area contributed by atoms with Gasteiger partial charge in [0.1, 0.15) is 0 Å². The summed E-state index contributed by atoms with van der Waals surface area (Å²) in [4.78, 5) is 0. The maximum atomic E-state index is 4.00. The Bertz CT molecular complexity index is 31.9. The van der Waals surface area contributed by atoms with Crippen molar-refractivity contribution in [3.8, 4) is 12.8 Å². The molecule has 0 heterocycles. The van der Waals surface area contributed by atoms with Crippen molar-refractivity contribution >= 4 is 23.1 Å². The van der Waals surface area contributed by atoms with E-state index in [2.05, 4.69) is 12.8 Å². The van der Waals surface area contributed by atoms with E-state index in [1.54, 1.807) is 0 Å². The first kappa shape index (κ1) is 23.1. The Morgan fingerprint density at radius 1 is 0.750 bits per heavy atom. The van der Waals surface area contributed by atoms with Gasteiger partial charge in [-0.1, -0.05) is 19.3 Å². The second-order valence-electron chi connectivity index (χ2n) is 1.06. The summed E-state index contributed by atoms with van der Waals surface area (Å²) in [6, 6.07) is 0. The SMILES string of the molecule is C#C.C1CC1.[Cl-].[Cl-].[Mg+2]. The molecular weight excluding hydrogens is 155 g/mol. The molecule has 0 N–H and O–H groups in total. The standard InChI is InChI=1S/C3H6.C2H2.2ClH.Mg/c1-2-3-1;1-2;;;/h1-3H2;1-2H;2*1H;/q;;;;+2/p-2. The van der Waals surface area contributed by atoms with Crippen LogP contribution in [-0.2, 0) is 0 Å². The van der Waals surface area contributed by atoms with E-state index in [9.17, 15) is 0 Å². The molecule has 0 aromatic heterocycles. The zero-order valence-corrected chi connectivity index (χ0v) is 7.67. The third-order valence-corrected chi connectivity index (χ3v) is 0.354. The monoisotopic (exact) mass is 162 g/mol. The molecule has 1 rings (SSSR count). The average molecular weight is 163 g/mol. The first-order valence-corrected chi connectivity index (χ1v) is 1.83. The average Bonchev–Trinajstić information content (AvgIpc) is 2.19. The van der Waals surface area contributed by atoms with Crippen LogP contribution in [-0.4, -0.2) is 23.1 Å². The van der Waals surface area contributed by atoms with E-state index in [-0.39, 0.29) is 47.9 Å². The molecule has 0 bridgehead atoms. The first-order valence-electron chi connectivity index (χ1n) is 1.83. The van der Waals surface area contributed by atoms with Gasteiger partial charge in [-0.15, -0.1) is 12.8 Å². The molecule has 3 heteroatoms. The van der Waals surface area contributed by atoms with Gasteiger partial charge in [0, 0.05) is 0 Å². The second-order valence-corrected chi connectivity index (χ2v) is 1.06. The Labute approximate surface area is 79.8 Å². The van der Waals surface area contributed by atoms with Crippen LogP contribution in [0.3, 0.4) is 0 Å². The summed E-state index contributed by atoms with van der Waals surface area (Å²) in [7, 11) is 0. The minimum absolute atomic E-state index is 0. The van der Waals surface area contributed by atoms with Gasteiger partial charge in [-0.3, -0.25) is 0 Å². The minimum Gasteiger partial charge on any atom is -1.00 e. The van der Waals surface area contributed by atoms with Crippen molar-refractivity contribution < 1.29 is 24.8 Å². The van der Waals surface area contributed by atoms with Crippen molar-refractivity contribution in [3.05, 3.63) is 0 Å². The molecular formula is C5H8Cl2Mg. The fourth-order valence-electron chi connectivity index (χ4n) is 0. The van der Waals surface area contributed by atoms with Gasteiger partial charge in [-0.2, -0.15) is 0 Å². The van der Waals surface area contributed by atoms with E-state index in [1.807, 2.05) is 0 Å². The predicted molar refractivity (Wildman–Crippen MR) is 29.5 cm³/mol. The third kappa shape index (κ3) is 66.3. The van der Waals surface area contributed by atoms with Crippen LogP contribution in [0.1, 0.15) is 19.3 Å². The maximum absolute atomic E-state index is 4.00. The van der Waals surface area contributed by atoms with Crippen LogP contribution in [0.5, 0.6) is 0 Å². The van der Waals surface area contributed by atoms with E-state index in [0.717, 1.165) is 0 Å². The smallest absolute Gasteiger partial charge is 1.00 e. The quantitative estimate of drug-likeness (QED) is 0.248. The van der Waals surface area contributed by atoms with Gasteiger partial charge in [-0.25, -0.2) is 0 Å². The topological polar surface area (TPSA) is 0 Å². The fraction of sp³-hybridized carbons (Fsp3) is 0.600. The van der Waals surface area contributed by atoms with E-state index >= 15 is 0 Å². The van der Waals surface area contributed by atoms with Gasteiger partial charge in [-0.05, 0) is 0 Å². The molecule has 0 aliphatic heterocycles. The number of terminal acetylenes is 1. The van der Waals surface area contributed by atoms with Crippen LogP contribution in [0.15, 0.2) is 0 Å². The second kappa shape index (κ2) is 24.7. The molecule has 0 spiro atoms. The molecule has 1 aliphatic carbocycles. The van der Waals surface area contributed by atoms with Crippen LogP contribution in [0.4, 0.5) is 0 Å². The normalized spacial score (nSPS) is 9.25. The third-order valence-electron chi connectivity index (χ3n) is 0.354. The molecule has 0 atom stereocenters. The van der Waals surface area contributed by atoms with E-state index < -0.39 is 0 Å². The van der Waals surface area contributed by atoms with Crippen LogP contribution < -0.4 is 24.8 Å². The summed E-state index contributed by atoms with van der Waals surface area (Å²) in [6.45, 7) is 0. The van der Waals surface area contributed by atoms with Gasteiger partial charge in [0.2, 0.25) is 0 Å². The largest absolute Gasteiger partial charge is 2.00 e. The van der Waals surface area contributed by atoms with Crippen LogP contribution >= 0.6 is 0 Å². The number of hydrogen-bond acceptors (Lipinski definition) is 0. The van der Waals surface area contributed by atoms with Crippen molar-refractivity contribution in [1.82, 2.24) is 0 Å². The van der Waals surface area contributed by atoms with Crippen molar-refractivity contribution in [3.63, 3.8) is 0 Å². The Morgan fingerprint density at radius 2 is 0.875 bits per heavy atom. The summed E-state index contributed by atoms with van der Waals surface area (Å²) >= 11 is 0. The van der Waals surface area contributed by atoms with E-state index in [4.69, 9.17) is 0 Å². The Balaban J connectivity index is -0.0000000153. The Kier molecular flexibility index (Phi) is 71.4. The molecule has 0 aromatic rings. The summed E-state index contributed by atoms with van der Waals surface area (Å²) in [5.74, 6) is 0. The molecule has 0 aromatic carbocycles. The number of hydrogen-bond donors (Lipinski definition) is 0. The molecule has 0 nitrogen and oxygen atoms in total. The molecule has 0 amide bonds. The minimum atomic E-state index is 0. The fourth-order valence-corrected chi connectivity index (χ4v) is 0. The van der Waals surface area contributed by atoms with Crippen LogP contribution in [0, 0.1) is 12.8 Å². The molecule has 0 radical (unpaired) electrons. The molecule has 0 unspecified atom stereocenters. The van der Waals surface area contributed by atoms with Crippen molar-refractivity contribution in [2.24, 2.45) is 0 Å². The van der Waals surface area contributed by atoms with Crippen molar-refractivity contribution in [2.75, 3.05) is 0 Å². The number of halogens is 2. The zero-order valence-electron chi connectivity index (χ0n) is 4.74.